The van der Waals surface area contributed by atoms with Crippen LogP contribution in [-0.4, -0.2) is 29.3 Å². The molecule has 3 nitrogen and oxygen atoms in total. The first-order chi connectivity index (χ1) is 8.25. The summed E-state index contributed by atoms with van der Waals surface area (Å²) in [7, 11) is 0. The topological polar surface area (TPSA) is 48.0 Å². The van der Waals surface area contributed by atoms with Gasteiger partial charge in [0.1, 0.15) is 5.82 Å². The molecule has 3 N–H and O–H groups in total. The third-order valence-electron chi connectivity index (χ3n) is 3.53. The number of nitrogens with one attached hydrogen (secondary N) is 2. The molecule has 2 heterocycles. The number of benzene rings is 1. The van der Waals surface area contributed by atoms with E-state index in [9.17, 15) is 9.50 Å². The summed E-state index contributed by atoms with van der Waals surface area (Å²) in [6, 6.07) is 4.74. The highest BCUT2D eigenvalue weighted by Gasteiger charge is 2.26. The Bertz CT molecular complexity index is 537. The fourth-order valence-corrected chi connectivity index (χ4v) is 2.63. The number of hydrogen-bond donors (Lipinski definition) is 3. The number of rotatable bonds is 1. The van der Waals surface area contributed by atoms with Crippen molar-refractivity contribution in [2.24, 2.45) is 0 Å². The first-order valence-electron chi connectivity index (χ1n) is 5.91. The first-order valence-corrected chi connectivity index (χ1v) is 5.91. The maximum Gasteiger partial charge on any atom is 0.125 e. The standard InChI is InChI=1S/C13H15FN2O/c14-8-1-2-9-11(6-16-12(9)5-8)10-3-4-15-7-13(10)17/h1-2,5-6,10,13,15-17H,3-4,7H2. The summed E-state index contributed by atoms with van der Waals surface area (Å²) in [5.41, 5.74) is 1.89. The summed E-state index contributed by atoms with van der Waals surface area (Å²) in [6.45, 7) is 1.54. The molecule has 1 aliphatic rings. The lowest BCUT2D eigenvalue weighted by molar-refractivity contribution is 0.119. The number of aliphatic hydroxyl groups is 1. The highest BCUT2D eigenvalue weighted by atomic mass is 19.1. The summed E-state index contributed by atoms with van der Waals surface area (Å²) >= 11 is 0. The predicted octanol–water partition coefficient (Wildman–Crippen LogP) is 1.74. The van der Waals surface area contributed by atoms with E-state index in [0.717, 1.165) is 29.4 Å². The van der Waals surface area contributed by atoms with Gasteiger partial charge in [-0.05, 0) is 36.7 Å². The van der Waals surface area contributed by atoms with Crippen LogP contribution in [0.4, 0.5) is 4.39 Å². The molecule has 4 heteroatoms. The molecular formula is C13H15FN2O. The second-order valence-electron chi connectivity index (χ2n) is 4.60. The number of aliphatic hydroxyl groups excluding tert-OH is 1. The van der Waals surface area contributed by atoms with E-state index < -0.39 is 0 Å². The van der Waals surface area contributed by atoms with Crippen molar-refractivity contribution in [3.63, 3.8) is 0 Å². The molecule has 0 amide bonds. The van der Waals surface area contributed by atoms with Gasteiger partial charge in [-0.15, -0.1) is 0 Å². The highest BCUT2D eigenvalue weighted by molar-refractivity contribution is 5.83. The predicted molar refractivity (Wildman–Crippen MR) is 64.5 cm³/mol. The van der Waals surface area contributed by atoms with Crippen LogP contribution >= 0.6 is 0 Å². The highest BCUT2D eigenvalue weighted by Crippen LogP contribution is 2.31. The van der Waals surface area contributed by atoms with Gasteiger partial charge in [0.2, 0.25) is 0 Å². The number of hydrogen-bond acceptors (Lipinski definition) is 2. The zero-order valence-corrected chi connectivity index (χ0v) is 9.41. The normalized spacial score (nSPS) is 25.3. The summed E-state index contributed by atoms with van der Waals surface area (Å²) in [6.07, 6.45) is 2.43. The zero-order chi connectivity index (χ0) is 11.8. The van der Waals surface area contributed by atoms with Crippen LogP contribution in [0.2, 0.25) is 0 Å². The Balaban J connectivity index is 2.05. The molecule has 0 bridgehead atoms. The maximum atomic E-state index is 13.1. The van der Waals surface area contributed by atoms with Crippen LogP contribution in [0.3, 0.4) is 0 Å². The summed E-state index contributed by atoms with van der Waals surface area (Å²) in [4.78, 5) is 3.08. The van der Waals surface area contributed by atoms with E-state index in [-0.39, 0.29) is 17.8 Å². The molecule has 2 unspecified atom stereocenters. The Morgan fingerprint density at radius 1 is 1.35 bits per heavy atom. The molecule has 2 atom stereocenters. The molecule has 1 saturated heterocycles. The lowest BCUT2D eigenvalue weighted by Gasteiger charge is -2.28. The summed E-state index contributed by atoms with van der Waals surface area (Å²) in [5, 5.41) is 14.2. The molecule has 0 radical (unpaired) electrons. The Hall–Kier alpha value is -1.39. The van der Waals surface area contributed by atoms with Gasteiger partial charge in [0.05, 0.1) is 6.10 Å². The van der Waals surface area contributed by atoms with E-state index in [1.54, 1.807) is 6.07 Å². The van der Waals surface area contributed by atoms with Gasteiger partial charge >= 0.3 is 0 Å². The number of piperidine rings is 1. The van der Waals surface area contributed by atoms with Crippen LogP contribution in [0.25, 0.3) is 10.9 Å². The minimum absolute atomic E-state index is 0.135. The van der Waals surface area contributed by atoms with Crippen LogP contribution in [0.15, 0.2) is 24.4 Å². The average molecular weight is 234 g/mol. The zero-order valence-electron chi connectivity index (χ0n) is 9.41. The van der Waals surface area contributed by atoms with E-state index in [1.165, 1.54) is 12.1 Å². The second-order valence-corrected chi connectivity index (χ2v) is 4.60. The fraction of sp³-hybridized carbons (Fsp3) is 0.385. The Labute approximate surface area is 98.7 Å². The van der Waals surface area contributed by atoms with Crippen molar-refractivity contribution < 1.29 is 9.50 Å². The van der Waals surface area contributed by atoms with Crippen LogP contribution < -0.4 is 5.32 Å². The van der Waals surface area contributed by atoms with E-state index in [4.69, 9.17) is 0 Å². The largest absolute Gasteiger partial charge is 0.391 e. The molecular weight excluding hydrogens is 219 g/mol. The van der Waals surface area contributed by atoms with Gasteiger partial charge in [0.15, 0.2) is 0 Å². The molecule has 17 heavy (non-hydrogen) atoms. The number of β-amino-alcohol motifs (C(OH)–C–C–N with tert-alkyl or cyclic N) is 1. The summed E-state index contributed by atoms with van der Waals surface area (Å²) < 4.78 is 13.1. The lowest BCUT2D eigenvalue weighted by Crippen LogP contribution is -2.39. The van der Waals surface area contributed by atoms with Gasteiger partial charge in [-0.2, -0.15) is 0 Å². The van der Waals surface area contributed by atoms with Crippen molar-refractivity contribution in [3.8, 4) is 0 Å². The minimum atomic E-state index is -0.368. The van der Waals surface area contributed by atoms with Crippen molar-refractivity contribution in [2.45, 2.75) is 18.4 Å². The van der Waals surface area contributed by atoms with Crippen molar-refractivity contribution in [2.75, 3.05) is 13.1 Å². The second kappa shape index (κ2) is 4.13. The fourth-order valence-electron chi connectivity index (χ4n) is 2.63. The molecule has 2 aromatic rings. The van der Waals surface area contributed by atoms with Gasteiger partial charge in [0, 0.05) is 29.6 Å². The van der Waals surface area contributed by atoms with Crippen LogP contribution in [0.1, 0.15) is 17.9 Å². The molecule has 1 aromatic carbocycles. The maximum absolute atomic E-state index is 13.1. The van der Waals surface area contributed by atoms with Crippen LogP contribution in [0.5, 0.6) is 0 Å². The number of halogens is 1. The van der Waals surface area contributed by atoms with E-state index in [2.05, 4.69) is 10.3 Å². The van der Waals surface area contributed by atoms with Crippen molar-refractivity contribution in [1.29, 1.82) is 0 Å². The van der Waals surface area contributed by atoms with Gasteiger partial charge in [-0.3, -0.25) is 0 Å². The van der Waals surface area contributed by atoms with Gasteiger partial charge in [0.25, 0.3) is 0 Å². The van der Waals surface area contributed by atoms with Crippen molar-refractivity contribution in [3.05, 3.63) is 35.8 Å². The molecule has 0 aliphatic carbocycles. The van der Waals surface area contributed by atoms with Gasteiger partial charge < -0.3 is 15.4 Å². The van der Waals surface area contributed by atoms with E-state index in [0.29, 0.717) is 6.54 Å². The van der Waals surface area contributed by atoms with Gasteiger partial charge in [-0.25, -0.2) is 4.39 Å². The van der Waals surface area contributed by atoms with Crippen LogP contribution in [0, 0.1) is 5.82 Å². The number of H-pyrrole nitrogens is 1. The average Bonchev–Trinajstić information content (AvgIpc) is 2.72. The molecule has 3 rings (SSSR count). The molecule has 0 spiro atoms. The Morgan fingerprint density at radius 2 is 2.24 bits per heavy atom. The summed E-state index contributed by atoms with van der Waals surface area (Å²) in [5.74, 6) is -0.104. The molecule has 1 aromatic heterocycles. The molecule has 90 valence electrons. The number of fused-ring (bicyclic) bond motifs is 1. The smallest absolute Gasteiger partial charge is 0.125 e. The lowest BCUT2D eigenvalue weighted by atomic mass is 9.88. The van der Waals surface area contributed by atoms with E-state index in [1.807, 2.05) is 6.20 Å². The van der Waals surface area contributed by atoms with Crippen molar-refractivity contribution >= 4 is 10.9 Å². The first kappa shape index (κ1) is 10.7. The third-order valence-corrected chi connectivity index (χ3v) is 3.53. The van der Waals surface area contributed by atoms with Crippen molar-refractivity contribution in [1.82, 2.24) is 10.3 Å². The van der Waals surface area contributed by atoms with Crippen LogP contribution in [-0.2, 0) is 0 Å². The number of aromatic amines is 1. The number of aromatic nitrogens is 1. The quantitative estimate of drug-likeness (QED) is 0.704. The monoisotopic (exact) mass is 234 g/mol. The van der Waals surface area contributed by atoms with Gasteiger partial charge in [-0.1, -0.05) is 0 Å². The third kappa shape index (κ3) is 1.83. The molecule has 0 saturated carbocycles. The molecule has 1 aliphatic heterocycles. The molecule has 1 fully saturated rings. The Morgan fingerprint density at radius 3 is 3.06 bits per heavy atom. The SMILES string of the molecule is OC1CNCCC1c1c[nH]c2cc(F)ccc12. The minimum Gasteiger partial charge on any atom is -0.391 e. The Kier molecular flexibility index (Phi) is 2.61. The van der Waals surface area contributed by atoms with E-state index >= 15 is 0 Å².